The van der Waals surface area contributed by atoms with Crippen LogP contribution in [0.15, 0.2) is 36.4 Å². The predicted octanol–water partition coefficient (Wildman–Crippen LogP) is 2.97. The van der Waals surface area contributed by atoms with Crippen LogP contribution in [-0.4, -0.2) is 30.6 Å². The van der Waals surface area contributed by atoms with E-state index in [4.69, 9.17) is 0 Å². The van der Waals surface area contributed by atoms with Crippen molar-refractivity contribution in [2.24, 2.45) is 5.92 Å². The molecule has 2 unspecified atom stereocenters. The Kier molecular flexibility index (Phi) is 5.11. The fraction of sp³-hybridized carbons (Fsp3) is 0.316. The van der Waals surface area contributed by atoms with Gasteiger partial charge in [-0.05, 0) is 48.9 Å². The van der Waals surface area contributed by atoms with Gasteiger partial charge in [0.2, 0.25) is 0 Å². The van der Waals surface area contributed by atoms with E-state index in [9.17, 15) is 27.5 Å². The zero-order valence-corrected chi connectivity index (χ0v) is 13.7. The lowest BCUT2D eigenvalue weighted by molar-refractivity contribution is 0.0656. The molecule has 1 saturated heterocycles. The molecule has 0 saturated carbocycles. The van der Waals surface area contributed by atoms with Crippen LogP contribution in [0.3, 0.4) is 0 Å². The molecule has 1 aliphatic rings. The third-order valence-electron chi connectivity index (χ3n) is 5.06. The number of aliphatic hydroxyl groups excluding tert-OH is 1. The van der Waals surface area contributed by atoms with Crippen molar-refractivity contribution >= 4 is 5.78 Å². The van der Waals surface area contributed by atoms with Crippen LogP contribution in [0.25, 0.3) is 0 Å². The molecule has 26 heavy (non-hydrogen) atoms. The van der Waals surface area contributed by atoms with Crippen LogP contribution in [0, 0.1) is 29.2 Å². The second kappa shape index (κ2) is 7.17. The third kappa shape index (κ3) is 3.12. The first-order valence-electron chi connectivity index (χ1n) is 8.15. The fourth-order valence-corrected chi connectivity index (χ4v) is 3.55. The Balaban J connectivity index is 2.05. The maximum atomic E-state index is 13.7. The summed E-state index contributed by atoms with van der Waals surface area (Å²) < 4.78 is 53.7. The number of benzene rings is 2. The van der Waals surface area contributed by atoms with Crippen LogP contribution >= 0.6 is 0 Å². The highest BCUT2D eigenvalue weighted by molar-refractivity contribution is 5.99. The molecule has 1 fully saturated rings. The van der Waals surface area contributed by atoms with Crippen LogP contribution in [0.5, 0.6) is 0 Å². The van der Waals surface area contributed by atoms with Gasteiger partial charge in [-0.2, -0.15) is 0 Å². The van der Waals surface area contributed by atoms with Crippen molar-refractivity contribution in [1.82, 2.24) is 5.32 Å². The van der Waals surface area contributed by atoms with Gasteiger partial charge in [-0.15, -0.1) is 0 Å². The molecule has 3 nitrogen and oxygen atoms in total. The molecule has 0 amide bonds. The molecule has 0 spiro atoms. The van der Waals surface area contributed by atoms with Crippen molar-refractivity contribution in [2.45, 2.75) is 11.8 Å². The second-order valence-corrected chi connectivity index (χ2v) is 6.44. The Morgan fingerprint density at radius 3 is 2.31 bits per heavy atom. The Morgan fingerprint density at radius 2 is 1.69 bits per heavy atom. The highest BCUT2D eigenvalue weighted by Gasteiger charge is 2.46. The van der Waals surface area contributed by atoms with Crippen molar-refractivity contribution < 1.29 is 27.5 Å². The number of carbonyl (C=O) groups excluding carboxylic acids is 1. The number of Topliss-reactive ketones (excluding diaryl/α,β-unsaturated/α-hetero) is 1. The standard InChI is InChI=1S/C19H17F4NO2/c20-14-3-1-11(7-16(14)22)18(26)13-9-24-6-5-19(13,10-25)12-2-4-15(21)17(23)8-12/h1-4,7-8,13,24-25H,5-6,9-10H2. The number of carbonyl (C=O) groups is 1. The van der Waals surface area contributed by atoms with Gasteiger partial charge < -0.3 is 10.4 Å². The van der Waals surface area contributed by atoms with E-state index in [0.717, 1.165) is 24.3 Å². The molecule has 1 aliphatic heterocycles. The maximum Gasteiger partial charge on any atom is 0.168 e. The SMILES string of the molecule is O=C(c1ccc(F)c(F)c1)C1CNCCC1(CO)c1ccc(F)c(F)c1. The molecule has 2 N–H and O–H groups in total. The number of ketones is 1. The molecule has 2 aromatic rings. The summed E-state index contributed by atoms with van der Waals surface area (Å²) >= 11 is 0. The fourth-order valence-electron chi connectivity index (χ4n) is 3.55. The molecule has 0 radical (unpaired) electrons. The Hall–Kier alpha value is -2.25. The Labute approximate surface area is 147 Å². The Morgan fingerprint density at radius 1 is 1.04 bits per heavy atom. The highest BCUT2D eigenvalue weighted by Crippen LogP contribution is 2.40. The predicted molar refractivity (Wildman–Crippen MR) is 86.8 cm³/mol. The van der Waals surface area contributed by atoms with Gasteiger partial charge in [-0.3, -0.25) is 4.79 Å². The minimum absolute atomic E-state index is 0.0435. The lowest BCUT2D eigenvalue weighted by Gasteiger charge is -2.43. The van der Waals surface area contributed by atoms with Crippen molar-refractivity contribution in [1.29, 1.82) is 0 Å². The largest absolute Gasteiger partial charge is 0.395 e. The molecule has 3 rings (SSSR count). The molecule has 2 aromatic carbocycles. The quantitative estimate of drug-likeness (QED) is 0.645. The molecule has 0 aromatic heterocycles. The summed E-state index contributed by atoms with van der Waals surface area (Å²) in [5.74, 6) is -5.68. The summed E-state index contributed by atoms with van der Waals surface area (Å²) in [7, 11) is 0. The first-order valence-corrected chi connectivity index (χ1v) is 8.15. The van der Waals surface area contributed by atoms with Crippen molar-refractivity contribution in [3.05, 3.63) is 70.8 Å². The van der Waals surface area contributed by atoms with Crippen LogP contribution < -0.4 is 5.32 Å². The lowest BCUT2D eigenvalue weighted by Crippen LogP contribution is -2.53. The summed E-state index contributed by atoms with van der Waals surface area (Å²) in [5, 5.41) is 13.1. The van der Waals surface area contributed by atoms with Gasteiger partial charge in [0.1, 0.15) is 0 Å². The number of halogens is 4. The number of aliphatic hydroxyl groups is 1. The van der Waals surface area contributed by atoms with E-state index in [0.29, 0.717) is 18.5 Å². The highest BCUT2D eigenvalue weighted by atomic mass is 19.2. The molecular formula is C19H17F4NO2. The summed E-state index contributed by atoms with van der Waals surface area (Å²) in [6, 6.07) is 6.09. The van der Waals surface area contributed by atoms with E-state index in [2.05, 4.69) is 5.32 Å². The molecule has 7 heteroatoms. The smallest absolute Gasteiger partial charge is 0.168 e. The average molecular weight is 367 g/mol. The normalized spacial score (nSPS) is 23.0. The van der Waals surface area contributed by atoms with Crippen molar-refractivity contribution in [2.75, 3.05) is 19.7 Å². The zero-order valence-electron chi connectivity index (χ0n) is 13.7. The van der Waals surface area contributed by atoms with Crippen LogP contribution in [-0.2, 0) is 5.41 Å². The van der Waals surface area contributed by atoms with Crippen LogP contribution in [0.2, 0.25) is 0 Å². The van der Waals surface area contributed by atoms with E-state index < -0.39 is 47.0 Å². The molecule has 138 valence electrons. The summed E-state index contributed by atoms with van der Waals surface area (Å²) in [6.07, 6.45) is 0.300. The number of nitrogens with one attached hydrogen (secondary N) is 1. The number of hydrogen-bond donors (Lipinski definition) is 2. The molecule has 2 atom stereocenters. The minimum atomic E-state index is -1.15. The zero-order chi connectivity index (χ0) is 18.9. The van der Waals surface area contributed by atoms with E-state index in [1.165, 1.54) is 12.1 Å². The molecular weight excluding hydrogens is 350 g/mol. The van der Waals surface area contributed by atoms with Crippen LogP contribution in [0.4, 0.5) is 17.6 Å². The lowest BCUT2D eigenvalue weighted by atomic mass is 9.64. The van der Waals surface area contributed by atoms with E-state index in [1.807, 2.05) is 0 Å². The van der Waals surface area contributed by atoms with E-state index in [1.54, 1.807) is 0 Å². The first-order chi connectivity index (χ1) is 12.4. The molecule has 0 aliphatic carbocycles. The summed E-state index contributed by atoms with van der Waals surface area (Å²) in [6.45, 7) is 0.151. The van der Waals surface area contributed by atoms with Crippen LogP contribution in [0.1, 0.15) is 22.3 Å². The average Bonchev–Trinajstić information content (AvgIpc) is 2.65. The minimum Gasteiger partial charge on any atom is -0.395 e. The van der Waals surface area contributed by atoms with Gasteiger partial charge in [0.05, 0.1) is 6.61 Å². The summed E-state index contributed by atoms with van der Waals surface area (Å²) in [4.78, 5) is 13.0. The van der Waals surface area contributed by atoms with Gasteiger partial charge >= 0.3 is 0 Å². The Bertz CT molecular complexity index is 842. The maximum absolute atomic E-state index is 13.7. The number of hydrogen-bond acceptors (Lipinski definition) is 3. The number of rotatable bonds is 4. The monoisotopic (exact) mass is 367 g/mol. The topological polar surface area (TPSA) is 49.3 Å². The second-order valence-electron chi connectivity index (χ2n) is 6.44. The van der Waals surface area contributed by atoms with E-state index in [-0.39, 0.29) is 12.1 Å². The first kappa shape index (κ1) is 18.5. The summed E-state index contributed by atoms with van der Waals surface area (Å²) in [5.41, 5.74) is -0.902. The molecule has 1 heterocycles. The van der Waals surface area contributed by atoms with Gasteiger partial charge in [0.25, 0.3) is 0 Å². The van der Waals surface area contributed by atoms with Gasteiger partial charge in [-0.1, -0.05) is 6.07 Å². The van der Waals surface area contributed by atoms with E-state index >= 15 is 0 Å². The van der Waals surface area contributed by atoms with Gasteiger partial charge in [0.15, 0.2) is 29.1 Å². The van der Waals surface area contributed by atoms with Crippen molar-refractivity contribution in [3.8, 4) is 0 Å². The molecule has 0 bridgehead atoms. The van der Waals surface area contributed by atoms with Gasteiger partial charge in [-0.25, -0.2) is 17.6 Å². The third-order valence-corrected chi connectivity index (χ3v) is 5.06. The van der Waals surface area contributed by atoms with Crippen molar-refractivity contribution in [3.63, 3.8) is 0 Å². The van der Waals surface area contributed by atoms with Gasteiger partial charge in [0, 0.05) is 23.4 Å². The number of piperidine rings is 1.